The van der Waals surface area contributed by atoms with E-state index in [0.717, 1.165) is 17.3 Å². The van der Waals surface area contributed by atoms with E-state index in [-0.39, 0.29) is 5.75 Å². The van der Waals surface area contributed by atoms with Crippen molar-refractivity contribution >= 4 is 22.1 Å². The first kappa shape index (κ1) is 12.0. The van der Waals surface area contributed by atoms with Crippen molar-refractivity contribution in [1.29, 1.82) is 0 Å². The van der Waals surface area contributed by atoms with Crippen LogP contribution in [0.25, 0.3) is 0 Å². The summed E-state index contributed by atoms with van der Waals surface area (Å²) in [4.78, 5) is 5.02. The summed E-state index contributed by atoms with van der Waals surface area (Å²) < 4.78 is 0.898. The number of unbranched alkanes of at least 4 members (excludes halogenated alkanes) is 1. The lowest BCUT2D eigenvalue weighted by atomic mass is 10.2. The fraction of sp³-hybridized carbons (Fsp3) is 0.364. The van der Waals surface area contributed by atoms with Crippen LogP contribution in [0.3, 0.4) is 0 Å². The molecule has 0 bridgehead atoms. The number of benzene rings is 1. The van der Waals surface area contributed by atoms with Crippen LogP contribution in [0.15, 0.2) is 27.8 Å². The molecule has 0 fully saturated rings. The summed E-state index contributed by atoms with van der Waals surface area (Å²) in [6.45, 7) is 2.70. The van der Waals surface area contributed by atoms with E-state index < -0.39 is 0 Å². The quantitative estimate of drug-likeness (QED) is 0.507. The number of oxime groups is 1. The van der Waals surface area contributed by atoms with Crippen LogP contribution in [0.1, 0.15) is 25.3 Å². The van der Waals surface area contributed by atoms with E-state index >= 15 is 0 Å². The normalized spacial score (nSPS) is 10.8. The lowest BCUT2D eigenvalue weighted by Gasteiger charge is -1.99. The average Bonchev–Trinajstić information content (AvgIpc) is 2.23. The summed E-state index contributed by atoms with van der Waals surface area (Å²) in [6, 6.07) is 5.16. The molecule has 1 aromatic rings. The van der Waals surface area contributed by atoms with E-state index in [9.17, 15) is 5.11 Å². The second-order valence-corrected chi connectivity index (χ2v) is 4.04. The minimum absolute atomic E-state index is 0.195. The van der Waals surface area contributed by atoms with Crippen LogP contribution < -0.4 is 0 Å². The van der Waals surface area contributed by atoms with Crippen molar-refractivity contribution in [3.05, 3.63) is 28.2 Å². The summed E-state index contributed by atoms with van der Waals surface area (Å²) in [5.41, 5.74) is 0.640. The molecule has 4 heteroatoms. The topological polar surface area (TPSA) is 41.8 Å². The van der Waals surface area contributed by atoms with Gasteiger partial charge in [0.1, 0.15) is 12.4 Å². The van der Waals surface area contributed by atoms with E-state index in [1.54, 1.807) is 18.2 Å². The molecule has 0 aliphatic rings. The molecule has 0 aliphatic carbocycles. The van der Waals surface area contributed by atoms with Gasteiger partial charge in [-0.15, -0.1) is 0 Å². The van der Waals surface area contributed by atoms with Crippen molar-refractivity contribution in [2.45, 2.75) is 19.8 Å². The molecule has 0 aliphatic heterocycles. The summed E-state index contributed by atoms with van der Waals surface area (Å²) in [6.07, 6.45) is 3.58. The van der Waals surface area contributed by atoms with Crippen molar-refractivity contribution in [2.75, 3.05) is 6.61 Å². The molecule has 0 saturated carbocycles. The van der Waals surface area contributed by atoms with Crippen LogP contribution in [-0.2, 0) is 4.84 Å². The Kier molecular flexibility index (Phi) is 5.18. The largest absolute Gasteiger partial charge is 0.507 e. The molecule has 0 heterocycles. The third kappa shape index (κ3) is 4.34. The molecule has 0 amide bonds. The summed E-state index contributed by atoms with van der Waals surface area (Å²) in [7, 11) is 0. The molecule has 82 valence electrons. The fourth-order valence-electron chi connectivity index (χ4n) is 0.984. The number of aromatic hydroxyl groups is 1. The highest BCUT2D eigenvalue weighted by molar-refractivity contribution is 9.10. The Morgan fingerprint density at radius 2 is 2.33 bits per heavy atom. The Labute approximate surface area is 97.9 Å². The molecule has 3 nitrogen and oxygen atoms in total. The van der Waals surface area contributed by atoms with Gasteiger partial charge in [-0.3, -0.25) is 0 Å². The molecule has 0 spiro atoms. The summed E-state index contributed by atoms with van der Waals surface area (Å²) >= 11 is 3.32. The van der Waals surface area contributed by atoms with Crippen LogP contribution in [0.4, 0.5) is 0 Å². The summed E-state index contributed by atoms with van der Waals surface area (Å²) in [5.74, 6) is 0.195. The third-order valence-electron chi connectivity index (χ3n) is 1.85. The Balaban J connectivity index is 2.52. The third-order valence-corrected chi connectivity index (χ3v) is 2.34. The highest BCUT2D eigenvalue weighted by Crippen LogP contribution is 2.19. The van der Waals surface area contributed by atoms with Gasteiger partial charge in [-0.1, -0.05) is 34.4 Å². The van der Waals surface area contributed by atoms with Gasteiger partial charge < -0.3 is 9.94 Å². The zero-order valence-electron chi connectivity index (χ0n) is 8.61. The van der Waals surface area contributed by atoms with Crippen molar-refractivity contribution < 1.29 is 9.94 Å². The van der Waals surface area contributed by atoms with E-state index in [1.165, 1.54) is 6.21 Å². The smallest absolute Gasteiger partial charge is 0.124 e. The standard InChI is InChI=1S/C11H14BrNO2/c1-2-3-6-15-13-8-9-7-10(12)4-5-11(9)14/h4-5,7-8,14H,2-3,6H2,1H3/b13-8+. The van der Waals surface area contributed by atoms with Crippen LogP contribution in [0, 0.1) is 0 Å². The average molecular weight is 272 g/mol. The molecule has 15 heavy (non-hydrogen) atoms. The molecular formula is C11H14BrNO2. The van der Waals surface area contributed by atoms with Gasteiger partial charge in [-0.25, -0.2) is 0 Å². The van der Waals surface area contributed by atoms with Gasteiger partial charge in [0.25, 0.3) is 0 Å². The van der Waals surface area contributed by atoms with Crippen LogP contribution >= 0.6 is 15.9 Å². The number of nitrogens with zero attached hydrogens (tertiary/aromatic N) is 1. The maximum absolute atomic E-state index is 9.47. The fourth-order valence-corrected chi connectivity index (χ4v) is 1.36. The second kappa shape index (κ2) is 6.45. The number of halogens is 1. The van der Waals surface area contributed by atoms with Gasteiger partial charge >= 0.3 is 0 Å². The number of hydrogen-bond acceptors (Lipinski definition) is 3. The number of phenolic OH excluding ortho intramolecular Hbond substituents is 1. The Morgan fingerprint density at radius 3 is 3.07 bits per heavy atom. The van der Waals surface area contributed by atoms with E-state index in [4.69, 9.17) is 4.84 Å². The summed E-state index contributed by atoms with van der Waals surface area (Å²) in [5, 5.41) is 13.2. The molecule has 0 radical (unpaired) electrons. The van der Waals surface area contributed by atoms with Gasteiger partial charge in [0.05, 0.1) is 6.21 Å². The SMILES string of the molecule is CCCCO/N=C/c1cc(Br)ccc1O. The molecule has 0 saturated heterocycles. The van der Waals surface area contributed by atoms with E-state index in [0.29, 0.717) is 12.2 Å². The van der Waals surface area contributed by atoms with Crippen molar-refractivity contribution in [2.24, 2.45) is 5.16 Å². The van der Waals surface area contributed by atoms with E-state index in [1.807, 2.05) is 0 Å². The van der Waals surface area contributed by atoms with Crippen LogP contribution in [-0.4, -0.2) is 17.9 Å². The maximum Gasteiger partial charge on any atom is 0.124 e. The minimum atomic E-state index is 0.195. The first-order chi connectivity index (χ1) is 7.24. The number of rotatable bonds is 5. The van der Waals surface area contributed by atoms with Crippen molar-refractivity contribution in [3.63, 3.8) is 0 Å². The zero-order valence-corrected chi connectivity index (χ0v) is 10.2. The lowest BCUT2D eigenvalue weighted by Crippen LogP contribution is -1.88. The Bertz CT molecular complexity index is 339. The van der Waals surface area contributed by atoms with Crippen molar-refractivity contribution in [3.8, 4) is 5.75 Å². The predicted molar refractivity (Wildman–Crippen MR) is 64.3 cm³/mol. The van der Waals surface area contributed by atoms with Crippen LogP contribution in [0.2, 0.25) is 0 Å². The number of hydrogen-bond donors (Lipinski definition) is 1. The molecule has 0 atom stereocenters. The first-order valence-corrected chi connectivity index (χ1v) is 5.67. The Morgan fingerprint density at radius 1 is 1.53 bits per heavy atom. The molecule has 0 aromatic heterocycles. The molecule has 1 N–H and O–H groups in total. The maximum atomic E-state index is 9.47. The van der Waals surface area contributed by atoms with Gasteiger partial charge in [-0.05, 0) is 24.6 Å². The minimum Gasteiger partial charge on any atom is -0.507 e. The van der Waals surface area contributed by atoms with Gasteiger partial charge in [0, 0.05) is 10.0 Å². The van der Waals surface area contributed by atoms with Gasteiger partial charge in [-0.2, -0.15) is 0 Å². The highest BCUT2D eigenvalue weighted by atomic mass is 79.9. The zero-order chi connectivity index (χ0) is 11.1. The lowest BCUT2D eigenvalue weighted by molar-refractivity contribution is 0.142. The van der Waals surface area contributed by atoms with Crippen LogP contribution in [0.5, 0.6) is 5.75 Å². The molecular weight excluding hydrogens is 258 g/mol. The number of phenols is 1. The Hall–Kier alpha value is -1.03. The predicted octanol–water partition coefficient (Wildman–Crippen LogP) is 3.31. The van der Waals surface area contributed by atoms with Crippen molar-refractivity contribution in [1.82, 2.24) is 0 Å². The molecule has 1 aromatic carbocycles. The van der Waals surface area contributed by atoms with Gasteiger partial charge in [0.2, 0.25) is 0 Å². The monoisotopic (exact) mass is 271 g/mol. The second-order valence-electron chi connectivity index (χ2n) is 3.12. The van der Waals surface area contributed by atoms with E-state index in [2.05, 4.69) is 28.0 Å². The van der Waals surface area contributed by atoms with Gasteiger partial charge in [0.15, 0.2) is 0 Å². The molecule has 1 rings (SSSR count). The first-order valence-electron chi connectivity index (χ1n) is 4.88. The molecule has 0 unspecified atom stereocenters. The highest BCUT2D eigenvalue weighted by Gasteiger charge is 1.98.